The second-order valence-electron chi connectivity index (χ2n) is 6.64. The molecule has 1 N–H and O–H groups in total. The first-order valence-corrected chi connectivity index (χ1v) is 9.10. The highest BCUT2D eigenvalue weighted by Gasteiger charge is 2.55. The molecule has 0 saturated carbocycles. The number of imide groups is 1. The predicted molar refractivity (Wildman–Crippen MR) is 103 cm³/mol. The topological polar surface area (TPSA) is 94.4 Å². The first kappa shape index (κ1) is 19.0. The Kier molecular flexibility index (Phi) is 4.75. The van der Waals surface area contributed by atoms with Crippen molar-refractivity contribution in [1.29, 1.82) is 0 Å². The Morgan fingerprint density at radius 2 is 1.90 bits per heavy atom. The zero-order valence-corrected chi connectivity index (χ0v) is 15.9. The van der Waals surface area contributed by atoms with E-state index in [0.29, 0.717) is 16.3 Å². The molecule has 3 amide bonds. The van der Waals surface area contributed by atoms with E-state index < -0.39 is 35.6 Å². The lowest BCUT2D eigenvalue weighted by Crippen LogP contribution is -2.43. The molecule has 2 aliphatic heterocycles. The van der Waals surface area contributed by atoms with Gasteiger partial charge in [-0.15, -0.1) is 0 Å². The molecule has 2 atom stereocenters. The standard InChI is InChI=1S/C19H15ClFN5O3/c1-10-13(20)3-2-4-14(10)22-15(27)9-25-17-16(23-24-25)18(28)26(19(17)29)12-7-5-11(21)6-8-12/h2-8,16-17H,9H2,1H3,(H,22,27)/t16-,17+/m0/s1. The van der Waals surface area contributed by atoms with Gasteiger partial charge < -0.3 is 5.32 Å². The molecule has 0 radical (unpaired) electrons. The van der Waals surface area contributed by atoms with Crippen molar-refractivity contribution in [3.8, 4) is 0 Å². The Morgan fingerprint density at radius 1 is 1.17 bits per heavy atom. The van der Waals surface area contributed by atoms with Crippen molar-refractivity contribution in [3.05, 3.63) is 58.9 Å². The summed E-state index contributed by atoms with van der Waals surface area (Å²) < 4.78 is 13.2. The second-order valence-corrected chi connectivity index (χ2v) is 7.05. The van der Waals surface area contributed by atoms with Crippen LogP contribution in [0.3, 0.4) is 0 Å². The molecule has 0 aromatic heterocycles. The Labute approximate surface area is 169 Å². The summed E-state index contributed by atoms with van der Waals surface area (Å²) in [5, 5.41) is 12.1. The van der Waals surface area contributed by atoms with Crippen LogP contribution in [0.2, 0.25) is 5.02 Å². The SMILES string of the molecule is Cc1c(Cl)cccc1NC(=O)CN1N=N[C@@H]2C(=O)N(c3ccc(F)cc3)C(=O)[C@@H]21. The first-order chi connectivity index (χ1) is 13.9. The number of hydrogen-bond donors (Lipinski definition) is 1. The Morgan fingerprint density at radius 3 is 2.62 bits per heavy atom. The molecule has 4 rings (SSSR count). The molecule has 148 valence electrons. The fourth-order valence-electron chi connectivity index (χ4n) is 3.28. The average molecular weight is 416 g/mol. The number of halogens is 2. The molecule has 1 fully saturated rings. The highest BCUT2D eigenvalue weighted by Crippen LogP contribution is 2.32. The van der Waals surface area contributed by atoms with Crippen LogP contribution in [0.1, 0.15) is 5.56 Å². The largest absolute Gasteiger partial charge is 0.324 e. The summed E-state index contributed by atoms with van der Waals surface area (Å²) in [6, 6.07) is 8.05. The minimum Gasteiger partial charge on any atom is -0.324 e. The van der Waals surface area contributed by atoms with Crippen LogP contribution in [0.15, 0.2) is 52.8 Å². The van der Waals surface area contributed by atoms with Gasteiger partial charge in [-0.25, -0.2) is 9.29 Å². The van der Waals surface area contributed by atoms with Crippen molar-refractivity contribution in [3.63, 3.8) is 0 Å². The smallest absolute Gasteiger partial charge is 0.263 e. The van der Waals surface area contributed by atoms with Crippen LogP contribution in [-0.2, 0) is 14.4 Å². The molecule has 0 bridgehead atoms. The molecular weight excluding hydrogens is 401 g/mol. The van der Waals surface area contributed by atoms with Gasteiger partial charge in [0.2, 0.25) is 5.91 Å². The van der Waals surface area contributed by atoms with Crippen LogP contribution in [-0.4, -0.2) is 41.4 Å². The Hall–Kier alpha value is -3.33. The van der Waals surface area contributed by atoms with Gasteiger partial charge >= 0.3 is 0 Å². The minimum absolute atomic E-state index is 0.241. The van der Waals surface area contributed by atoms with E-state index in [1.165, 1.54) is 17.1 Å². The monoisotopic (exact) mass is 415 g/mol. The summed E-state index contributed by atoms with van der Waals surface area (Å²) in [5.74, 6) is -2.05. The maximum atomic E-state index is 13.2. The number of hydrogen-bond acceptors (Lipinski definition) is 6. The number of fused-ring (bicyclic) bond motifs is 1. The molecule has 29 heavy (non-hydrogen) atoms. The maximum absolute atomic E-state index is 13.2. The van der Waals surface area contributed by atoms with Gasteiger partial charge in [-0.3, -0.25) is 19.4 Å². The van der Waals surface area contributed by atoms with E-state index in [1.54, 1.807) is 25.1 Å². The van der Waals surface area contributed by atoms with E-state index in [1.807, 2.05) is 0 Å². The molecule has 8 nitrogen and oxygen atoms in total. The van der Waals surface area contributed by atoms with Crippen LogP contribution in [0.25, 0.3) is 0 Å². The summed E-state index contributed by atoms with van der Waals surface area (Å²) in [6.07, 6.45) is 0. The Balaban J connectivity index is 1.49. The summed E-state index contributed by atoms with van der Waals surface area (Å²) in [5.41, 5.74) is 1.49. The van der Waals surface area contributed by atoms with Crippen LogP contribution < -0.4 is 10.2 Å². The predicted octanol–water partition coefficient (Wildman–Crippen LogP) is 2.72. The molecule has 0 spiro atoms. The van der Waals surface area contributed by atoms with Gasteiger partial charge in [-0.1, -0.05) is 22.9 Å². The highest BCUT2D eigenvalue weighted by molar-refractivity contribution is 6.31. The zero-order chi connectivity index (χ0) is 20.7. The highest BCUT2D eigenvalue weighted by atomic mass is 35.5. The summed E-state index contributed by atoms with van der Waals surface area (Å²) in [7, 11) is 0. The molecule has 10 heteroatoms. The third-order valence-corrected chi connectivity index (χ3v) is 5.20. The normalized spacial score (nSPS) is 20.4. The number of benzene rings is 2. The quantitative estimate of drug-likeness (QED) is 0.777. The summed E-state index contributed by atoms with van der Waals surface area (Å²) in [4.78, 5) is 38.8. The van der Waals surface area contributed by atoms with E-state index in [0.717, 1.165) is 17.0 Å². The lowest BCUT2D eigenvalue weighted by atomic mass is 10.1. The van der Waals surface area contributed by atoms with E-state index >= 15 is 0 Å². The summed E-state index contributed by atoms with van der Waals surface area (Å²) in [6.45, 7) is 1.50. The molecule has 2 aromatic carbocycles. The average Bonchev–Trinajstić information content (AvgIpc) is 3.20. The van der Waals surface area contributed by atoms with Gasteiger partial charge in [0.15, 0.2) is 12.1 Å². The number of rotatable bonds is 4. The fraction of sp³-hybridized carbons (Fsp3) is 0.211. The zero-order valence-electron chi connectivity index (χ0n) is 15.2. The van der Waals surface area contributed by atoms with Crippen molar-refractivity contribution in [1.82, 2.24) is 5.01 Å². The van der Waals surface area contributed by atoms with E-state index in [2.05, 4.69) is 15.7 Å². The molecule has 0 unspecified atom stereocenters. The van der Waals surface area contributed by atoms with Crippen molar-refractivity contribution in [2.24, 2.45) is 10.3 Å². The van der Waals surface area contributed by atoms with Crippen molar-refractivity contribution >= 4 is 40.7 Å². The number of nitrogens with zero attached hydrogens (tertiary/aromatic N) is 4. The fourth-order valence-corrected chi connectivity index (χ4v) is 3.45. The summed E-state index contributed by atoms with van der Waals surface area (Å²) >= 11 is 6.05. The van der Waals surface area contributed by atoms with Crippen LogP contribution >= 0.6 is 11.6 Å². The van der Waals surface area contributed by atoms with Gasteiger partial charge in [0, 0.05) is 10.7 Å². The number of carbonyl (C=O) groups is 3. The van der Waals surface area contributed by atoms with Crippen molar-refractivity contribution in [2.75, 3.05) is 16.8 Å². The van der Waals surface area contributed by atoms with E-state index in [9.17, 15) is 18.8 Å². The van der Waals surface area contributed by atoms with Gasteiger partial charge in [0.1, 0.15) is 12.4 Å². The molecule has 0 aliphatic carbocycles. The second kappa shape index (κ2) is 7.25. The van der Waals surface area contributed by atoms with E-state index in [-0.39, 0.29) is 12.2 Å². The van der Waals surface area contributed by atoms with Gasteiger partial charge in [0.05, 0.1) is 5.69 Å². The van der Waals surface area contributed by atoms with Crippen molar-refractivity contribution < 1.29 is 18.8 Å². The molecule has 1 saturated heterocycles. The molecular formula is C19H15ClFN5O3. The number of anilines is 2. The number of carbonyl (C=O) groups excluding carboxylic acids is 3. The lowest BCUT2D eigenvalue weighted by molar-refractivity contribution is -0.123. The molecule has 2 aromatic rings. The van der Waals surface area contributed by atoms with Crippen molar-refractivity contribution in [2.45, 2.75) is 19.0 Å². The third-order valence-electron chi connectivity index (χ3n) is 4.79. The lowest BCUT2D eigenvalue weighted by Gasteiger charge is -2.20. The first-order valence-electron chi connectivity index (χ1n) is 8.72. The van der Waals surface area contributed by atoms with Gasteiger partial charge in [-0.05, 0) is 48.9 Å². The van der Waals surface area contributed by atoms with Crippen LogP contribution in [0, 0.1) is 12.7 Å². The van der Waals surface area contributed by atoms with Gasteiger partial charge in [0.25, 0.3) is 11.8 Å². The minimum atomic E-state index is -1.03. The Bertz CT molecular complexity index is 1040. The number of nitrogens with one attached hydrogen (secondary N) is 1. The van der Waals surface area contributed by atoms with Crippen LogP contribution in [0.5, 0.6) is 0 Å². The van der Waals surface area contributed by atoms with Crippen LogP contribution in [0.4, 0.5) is 15.8 Å². The maximum Gasteiger partial charge on any atom is 0.263 e. The molecule has 2 heterocycles. The van der Waals surface area contributed by atoms with Gasteiger partial charge in [-0.2, -0.15) is 5.11 Å². The van der Waals surface area contributed by atoms with E-state index in [4.69, 9.17) is 11.6 Å². The third kappa shape index (κ3) is 3.33. The molecule has 2 aliphatic rings. The number of amides is 3.